The van der Waals surface area contributed by atoms with Crippen molar-refractivity contribution in [3.63, 3.8) is 0 Å². The average molecular weight is 196 g/mol. The third kappa shape index (κ3) is 2.22. The molecule has 0 bridgehead atoms. The molecule has 1 fully saturated rings. The first-order valence-corrected chi connectivity index (χ1v) is 5.13. The highest BCUT2D eigenvalue weighted by Gasteiger charge is 2.25. The Hall–Kier alpha value is -1.12. The summed E-state index contributed by atoms with van der Waals surface area (Å²) in [6, 6.07) is 3.06. The zero-order valence-corrected chi connectivity index (χ0v) is 9.00. The van der Waals surface area contributed by atoms with Gasteiger partial charge in [0.05, 0.1) is 0 Å². The minimum absolute atomic E-state index is 0.218. The highest BCUT2D eigenvalue weighted by molar-refractivity contribution is 5.42. The van der Waals surface area contributed by atoms with E-state index in [1.807, 2.05) is 18.7 Å². The summed E-state index contributed by atoms with van der Waals surface area (Å²) in [5, 5.41) is 0. The first kappa shape index (κ1) is 11.0. The molecule has 0 unspecified atom stereocenters. The maximum atomic E-state index is 13.1. The van der Waals surface area contributed by atoms with Crippen LogP contribution in [0.3, 0.4) is 0 Å². The molecule has 0 spiro atoms. The number of pyridine rings is 1. The largest absolute Gasteiger partial charge is 0.354 e. The number of hydrogen-bond donors (Lipinski definition) is 0. The fraction of sp³-hybridized carbons (Fsp3) is 0.545. The SMILES string of the molecule is CC.CC1CN(c2ncccc2F)C1. The first-order valence-electron chi connectivity index (χ1n) is 5.13. The van der Waals surface area contributed by atoms with Gasteiger partial charge in [-0.15, -0.1) is 0 Å². The van der Waals surface area contributed by atoms with Crippen molar-refractivity contribution in [3.8, 4) is 0 Å². The third-order valence-electron chi connectivity index (χ3n) is 2.10. The molecule has 1 aromatic rings. The van der Waals surface area contributed by atoms with Crippen LogP contribution in [0.5, 0.6) is 0 Å². The lowest BCUT2D eigenvalue weighted by Gasteiger charge is -2.38. The van der Waals surface area contributed by atoms with E-state index in [-0.39, 0.29) is 5.82 Å². The van der Waals surface area contributed by atoms with Crippen LogP contribution in [0.4, 0.5) is 10.2 Å². The summed E-state index contributed by atoms with van der Waals surface area (Å²) < 4.78 is 13.1. The lowest BCUT2D eigenvalue weighted by atomic mass is 10.0. The molecule has 0 atom stereocenters. The molecule has 1 aliphatic heterocycles. The number of rotatable bonds is 1. The van der Waals surface area contributed by atoms with Crippen LogP contribution in [0.15, 0.2) is 18.3 Å². The minimum atomic E-state index is -0.218. The van der Waals surface area contributed by atoms with Crippen molar-refractivity contribution in [2.45, 2.75) is 20.8 Å². The molecule has 2 nitrogen and oxygen atoms in total. The van der Waals surface area contributed by atoms with Gasteiger partial charge in [-0.2, -0.15) is 0 Å². The van der Waals surface area contributed by atoms with Crippen LogP contribution in [0.1, 0.15) is 20.8 Å². The van der Waals surface area contributed by atoms with Crippen LogP contribution in [-0.4, -0.2) is 18.1 Å². The van der Waals surface area contributed by atoms with Crippen LogP contribution in [-0.2, 0) is 0 Å². The van der Waals surface area contributed by atoms with Crippen molar-refractivity contribution in [2.24, 2.45) is 5.92 Å². The summed E-state index contributed by atoms with van der Waals surface area (Å²) in [5.41, 5.74) is 0. The van der Waals surface area contributed by atoms with Gasteiger partial charge in [-0.1, -0.05) is 20.8 Å². The lowest BCUT2D eigenvalue weighted by Crippen LogP contribution is -2.46. The normalized spacial score (nSPS) is 15.6. The molecule has 2 heterocycles. The van der Waals surface area contributed by atoms with Crippen molar-refractivity contribution in [1.29, 1.82) is 0 Å². The van der Waals surface area contributed by atoms with E-state index in [9.17, 15) is 4.39 Å². The summed E-state index contributed by atoms with van der Waals surface area (Å²) in [7, 11) is 0. The zero-order valence-electron chi connectivity index (χ0n) is 9.00. The Kier molecular flexibility index (Phi) is 3.86. The summed E-state index contributed by atoms with van der Waals surface area (Å²) in [6.07, 6.45) is 1.63. The molecule has 0 amide bonds. The topological polar surface area (TPSA) is 16.1 Å². The zero-order chi connectivity index (χ0) is 10.6. The maximum absolute atomic E-state index is 13.1. The first-order chi connectivity index (χ1) is 6.77. The molecule has 1 aromatic heterocycles. The summed E-state index contributed by atoms with van der Waals surface area (Å²) in [5.74, 6) is 0.950. The molecule has 14 heavy (non-hydrogen) atoms. The van der Waals surface area contributed by atoms with E-state index in [2.05, 4.69) is 11.9 Å². The van der Waals surface area contributed by atoms with Gasteiger partial charge in [0.2, 0.25) is 0 Å². The van der Waals surface area contributed by atoms with Crippen molar-refractivity contribution < 1.29 is 4.39 Å². The molecule has 0 aliphatic carbocycles. The average Bonchev–Trinajstić information content (AvgIpc) is 2.18. The second kappa shape index (κ2) is 4.94. The Morgan fingerprint density at radius 2 is 2.07 bits per heavy atom. The molecule has 1 aliphatic rings. The predicted octanol–water partition coefficient (Wildman–Crippen LogP) is 2.70. The summed E-state index contributed by atoms with van der Waals surface area (Å²) >= 11 is 0. The van der Waals surface area contributed by atoms with Crippen LogP contribution in [0.2, 0.25) is 0 Å². The highest BCUT2D eigenvalue weighted by atomic mass is 19.1. The van der Waals surface area contributed by atoms with E-state index in [1.165, 1.54) is 6.07 Å². The number of hydrogen-bond acceptors (Lipinski definition) is 2. The van der Waals surface area contributed by atoms with Gasteiger partial charge >= 0.3 is 0 Å². The Morgan fingerprint density at radius 3 is 2.57 bits per heavy atom. The van der Waals surface area contributed by atoms with Crippen molar-refractivity contribution in [1.82, 2.24) is 4.98 Å². The number of halogens is 1. The molecule has 3 heteroatoms. The standard InChI is InChI=1S/C9H11FN2.C2H6/c1-7-5-12(6-7)9-8(10)3-2-4-11-9;1-2/h2-4,7H,5-6H2,1H3;1-2H3. The molecule has 1 saturated heterocycles. The van der Waals surface area contributed by atoms with E-state index in [0.29, 0.717) is 11.7 Å². The van der Waals surface area contributed by atoms with Crippen LogP contribution < -0.4 is 4.90 Å². The molecule has 2 rings (SSSR count). The molecular formula is C11H17FN2. The Balaban J connectivity index is 0.000000461. The number of aromatic nitrogens is 1. The van der Waals surface area contributed by atoms with Crippen molar-refractivity contribution >= 4 is 5.82 Å². The predicted molar refractivity (Wildman–Crippen MR) is 56.9 cm³/mol. The van der Waals surface area contributed by atoms with Crippen LogP contribution >= 0.6 is 0 Å². The second-order valence-electron chi connectivity index (χ2n) is 3.32. The molecule has 0 N–H and O–H groups in total. The van der Waals surface area contributed by atoms with Gasteiger partial charge in [-0.05, 0) is 18.1 Å². The van der Waals surface area contributed by atoms with Crippen LogP contribution in [0.25, 0.3) is 0 Å². The van der Waals surface area contributed by atoms with E-state index in [0.717, 1.165) is 13.1 Å². The van der Waals surface area contributed by atoms with E-state index < -0.39 is 0 Å². The Labute approximate surface area is 84.8 Å². The maximum Gasteiger partial charge on any atom is 0.165 e. The van der Waals surface area contributed by atoms with Gasteiger partial charge in [0, 0.05) is 19.3 Å². The van der Waals surface area contributed by atoms with Gasteiger partial charge in [0.1, 0.15) is 0 Å². The number of anilines is 1. The molecule has 0 radical (unpaired) electrons. The quantitative estimate of drug-likeness (QED) is 0.686. The fourth-order valence-corrected chi connectivity index (χ4v) is 1.48. The van der Waals surface area contributed by atoms with Gasteiger partial charge < -0.3 is 4.90 Å². The van der Waals surface area contributed by atoms with Crippen molar-refractivity contribution in [2.75, 3.05) is 18.0 Å². The summed E-state index contributed by atoms with van der Waals surface area (Å²) in [4.78, 5) is 5.94. The Morgan fingerprint density at radius 1 is 1.43 bits per heavy atom. The molecule has 0 saturated carbocycles. The van der Waals surface area contributed by atoms with Gasteiger partial charge in [0.25, 0.3) is 0 Å². The van der Waals surface area contributed by atoms with E-state index in [1.54, 1.807) is 12.3 Å². The highest BCUT2D eigenvalue weighted by Crippen LogP contribution is 2.23. The lowest BCUT2D eigenvalue weighted by molar-refractivity contribution is 0.434. The second-order valence-corrected chi connectivity index (χ2v) is 3.32. The third-order valence-corrected chi connectivity index (χ3v) is 2.10. The van der Waals surface area contributed by atoms with Gasteiger partial charge in [0.15, 0.2) is 11.6 Å². The van der Waals surface area contributed by atoms with Crippen molar-refractivity contribution in [3.05, 3.63) is 24.1 Å². The molecular weight excluding hydrogens is 179 g/mol. The van der Waals surface area contributed by atoms with E-state index >= 15 is 0 Å². The fourth-order valence-electron chi connectivity index (χ4n) is 1.48. The minimum Gasteiger partial charge on any atom is -0.354 e. The van der Waals surface area contributed by atoms with Gasteiger partial charge in [-0.25, -0.2) is 9.37 Å². The number of nitrogens with zero attached hydrogens (tertiary/aromatic N) is 2. The molecule has 0 aromatic carbocycles. The van der Waals surface area contributed by atoms with Gasteiger partial charge in [-0.3, -0.25) is 0 Å². The Bertz CT molecular complexity index is 282. The smallest absolute Gasteiger partial charge is 0.165 e. The monoisotopic (exact) mass is 196 g/mol. The molecule has 78 valence electrons. The van der Waals surface area contributed by atoms with E-state index in [4.69, 9.17) is 0 Å². The van der Waals surface area contributed by atoms with Crippen LogP contribution in [0, 0.1) is 11.7 Å². The summed E-state index contributed by atoms with van der Waals surface area (Å²) in [6.45, 7) is 8.00.